The van der Waals surface area contributed by atoms with Crippen LogP contribution in [0.15, 0.2) is 0 Å². The average Bonchev–Trinajstić information content (AvgIpc) is 2.35. The largest absolute Gasteiger partial charge is 0.344 e. The third-order valence-electron chi connectivity index (χ3n) is 3.51. The minimum Gasteiger partial charge on any atom is -0.344 e. The first-order valence-corrected chi connectivity index (χ1v) is 7.50. The van der Waals surface area contributed by atoms with Crippen molar-refractivity contribution in [3.05, 3.63) is 0 Å². The highest BCUT2D eigenvalue weighted by Crippen LogP contribution is 2.14. The number of carbonyl (C=O) groups is 2. The van der Waals surface area contributed by atoms with E-state index in [1.54, 1.807) is 0 Å². The van der Waals surface area contributed by atoms with E-state index in [1.165, 1.54) is 6.42 Å². The minimum atomic E-state index is -0.371. The summed E-state index contributed by atoms with van der Waals surface area (Å²) in [6, 6.07) is -0.371. The van der Waals surface area contributed by atoms with Crippen LogP contribution >= 0.6 is 0 Å². The van der Waals surface area contributed by atoms with Crippen LogP contribution in [0.4, 0.5) is 0 Å². The van der Waals surface area contributed by atoms with Crippen LogP contribution in [-0.2, 0) is 9.59 Å². The molecule has 1 atom stereocenters. The molecule has 1 rings (SSSR count). The Morgan fingerprint density at radius 3 is 2.11 bits per heavy atom. The van der Waals surface area contributed by atoms with Crippen molar-refractivity contribution in [1.82, 2.24) is 10.2 Å². The van der Waals surface area contributed by atoms with Gasteiger partial charge in [-0.1, -0.05) is 27.7 Å². The van der Waals surface area contributed by atoms with E-state index in [-0.39, 0.29) is 23.8 Å². The molecule has 0 aromatic rings. The number of piperidine rings is 1. The normalized spacial score (nSPS) is 17.7. The number of amides is 2. The summed E-state index contributed by atoms with van der Waals surface area (Å²) in [4.78, 5) is 26.3. The van der Waals surface area contributed by atoms with Crippen LogP contribution < -0.4 is 5.32 Å². The maximum atomic E-state index is 12.5. The zero-order chi connectivity index (χ0) is 14.4. The monoisotopic (exact) mass is 268 g/mol. The Morgan fingerprint density at radius 2 is 1.63 bits per heavy atom. The van der Waals surface area contributed by atoms with Crippen molar-refractivity contribution in [2.45, 2.75) is 59.4 Å². The zero-order valence-electron chi connectivity index (χ0n) is 12.7. The number of likely N-dealkylation sites (tertiary alicyclic amines) is 1. The molecule has 0 aromatic heterocycles. The minimum absolute atomic E-state index is 0.0148. The van der Waals surface area contributed by atoms with Gasteiger partial charge in [-0.2, -0.15) is 0 Å². The van der Waals surface area contributed by atoms with Crippen molar-refractivity contribution in [2.24, 2.45) is 11.8 Å². The van der Waals surface area contributed by atoms with E-state index in [2.05, 4.69) is 5.32 Å². The van der Waals surface area contributed by atoms with Crippen LogP contribution in [0.25, 0.3) is 0 Å². The second-order valence-electron chi connectivity index (χ2n) is 6.27. The lowest BCUT2D eigenvalue weighted by Gasteiger charge is -2.32. The third-order valence-corrected chi connectivity index (χ3v) is 3.51. The first-order chi connectivity index (χ1) is 8.91. The van der Waals surface area contributed by atoms with Crippen molar-refractivity contribution in [3.8, 4) is 0 Å². The molecule has 0 bridgehead atoms. The van der Waals surface area contributed by atoms with Gasteiger partial charge in [-0.3, -0.25) is 9.59 Å². The van der Waals surface area contributed by atoms with Gasteiger partial charge in [0.25, 0.3) is 0 Å². The molecular weight excluding hydrogens is 240 g/mol. The maximum Gasteiger partial charge on any atom is 0.245 e. The Morgan fingerprint density at radius 1 is 1.05 bits per heavy atom. The molecule has 1 N–H and O–H groups in total. The molecule has 0 saturated carbocycles. The number of hydrogen-bond acceptors (Lipinski definition) is 2. The van der Waals surface area contributed by atoms with Gasteiger partial charge in [-0.05, 0) is 31.1 Å². The summed E-state index contributed by atoms with van der Waals surface area (Å²) in [5, 5.41) is 2.91. The van der Waals surface area contributed by atoms with E-state index in [0.29, 0.717) is 12.3 Å². The summed E-state index contributed by atoms with van der Waals surface area (Å²) < 4.78 is 0. The molecule has 0 unspecified atom stereocenters. The van der Waals surface area contributed by atoms with Crippen LogP contribution in [-0.4, -0.2) is 35.8 Å². The van der Waals surface area contributed by atoms with Gasteiger partial charge in [0.2, 0.25) is 11.8 Å². The highest BCUT2D eigenvalue weighted by molar-refractivity contribution is 5.88. The fraction of sp³-hybridized carbons (Fsp3) is 0.867. The first kappa shape index (κ1) is 16.0. The zero-order valence-corrected chi connectivity index (χ0v) is 12.7. The van der Waals surface area contributed by atoms with E-state index >= 15 is 0 Å². The smallest absolute Gasteiger partial charge is 0.245 e. The lowest BCUT2D eigenvalue weighted by molar-refractivity contribution is -0.138. The highest BCUT2D eigenvalue weighted by atomic mass is 16.2. The standard InChI is InChI=1S/C15H28N2O2/c1-11(2)10-13(18)16-14(12(3)4)15(19)17-8-6-5-7-9-17/h11-12,14H,5-10H2,1-4H3,(H,16,18)/t14-/m1/s1. The number of carbonyl (C=O) groups excluding carboxylic acids is 2. The molecule has 1 aliphatic rings. The molecule has 1 heterocycles. The van der Waals surface area contributed by atoms with Gasteiger partial charge in [-0.15, -0.1) is 0 Å². The van der Waals surface area contributed by atoms with Crippen molar-refractivity contribution < 1.29 is 9.59 Å². The number of hydrogen-bond donors (Lipinski definition) is 1. The molecule has 0 aliphatic carbocycles. The van der Waals surface area contributed by atoms with Crippen LogP contribution in [0.1, 0.15) is 53.4 Å². The summed E-state index contributed by atoms with van der Waals surface area (Å²) in [5.74, 6) is 0.523. The fourth-order valence-electron chi connectivity index (χ4n) is 2.43. The Labute approximate surface area is 116 Å². The summed E-state index contributed by atoms with van der Waals surface area (Å²) >= 11 is 0. The van der Waals surface area contributed by atoms with E-state index in [4.69, 9.17) is 0 Å². The second kappa shape index (κ2) is 7.51. The van der Waals surface area contributed by atoms with E-state index < -0.39 is 0 Å². The van der Waals surface area contributed by atoms with Gasteiger partial charge in [0, 0.05) is 19.5 Å². The number of nitrogens with one attached hydrogen (secondary N) is 1. The van der Waals surface area contributed by atoms with E-state index in [1.807, 2.05) is 32.6 Å². The molecule has 0 radical (unpaired) electrons. The van der Waals surface area contributed by atoms with Crippen LogP contribution in [0.2, 0.25) is 0 Å². The molecule has 110 valence electrons. The third kappa shape index (κ3) is 5.21. The van der Waals surface area contributed by atoms with Crippen LogP contribution in [0.3, 0.4) is 0 Å². The van der Waals surface area contributed by atoms with E-state index in [9.17, 15) is 9.59 Å². The molecule has 0 spiro atoms. The fourth-order valence-corrected chi connectivity index (χ4v) is 2.43. The van der Waals surface area contributed by atoms with Crippen molar-refractivity contribution in [2.75, 3.05) is 13.1 Å². The number of nitrogens with zero attached hydrogens (tertiary/aromatic N) is 1. The van der Waals surface area contributed by atoms with Gasteiger partial charge in [-0.25, -0.2) is 0 Å². The highest BCUT2D eigenvalue weighted by Gasteiger charge is 2.29. The molecular formula is C15H28N2O2. The first-order valence-electron chi connectivity index (χ1n) is 7.50. The lowest BCUT2D eigenvalue weighted by Crippen LogP contribution is -2.52. The summed E-state index contributed by atoms with van der Waals surface area (Å²) in [7, 11) is 0. The maximum absolute atomic E-state index is 12.5. The van der Waals surface area contributed by atoms with Gasteiger partial charge in [0.05, 0.1) is 0 Å². The predicted molar refractivity (Wildman–Crippen MR) is 76.7 cm³/mol. The Kier molecular flexibility index (Phi) is 6.32. The molecule has 4 heteroatoms. The topological polar surface area (TPSA) is 49.4 Å². The molecule has 2 amide bonds. The number of rotatable bonds is 5. The Bertz CT molecular complexity index is 307. The summed E-state index contributed by atoms with van der Waals surface area (Å²) in [6.45, 7) is 9.67. The van der Waals surface area contributed by atoms with Gasteiger partial charge >= 0.3 is 0 Å². The molecule has 1 aliphatic heterocycles. The van der Waals surface area contributed by atoms with Gasteiger partial charge in [0.15, 0.2) is 0 Å². The van der Waals surface area contributed by atoms with Crippen molar-refractivity contribution in [1.29, 1.82) is 0 Å². The summed E-state index contributed by atoms with van der Waals surface area (Å²) in [5.41, 5.74) is 0. The molecule has 4 nitrogen and oxygen atoms in total. The Balaban J connectivity index is 2.60. The predicted octanol–water partition coefficient (Wildman–Crippen LogP) is 2.19. The molecule has 19 heavy (non-hydrogen) atoms. The second-order valence-corrected chi connectivity index (χ2v) is 6.27. The quantitative estimate of drug-likeness (QED) is 0.831. The average molecular weight is 268 g/mol. The lowest BCUT2D eigenvalue weighted by atomic mass is 10.0. The summed E-state index contributed by atoms with van der Waals surface area (Å²) in [6.07, 6.45) is 3.85. The van der Waals surface area contributed by atoms with Crippen molar-refractivity contribution >= 4 is 11.8 Å². The van der Waals surface area contributed by atoms with E-state index in [0.717, 1.165) is 25.9 Å². The molecule has 0 aromatic carbocycles. The SMILES string of the molecule is CC(C)CC(=O)N[C@@H](C(=O)N1CCCCC1)C(C)C. The van der Waals surface area contributed by atoms with Crippen LogP contribution in [0.5, 0.6) is 0 Å². The van der Waals surface area contributed by atoms with Crippen molar-refractivity contribution in [3.63, 3.8) is 0 Å². The van der Waals surface area contributed by atoms with Crippen LogP contribution in [0, 0.1) is 11.8 Å². The van der Waals surface area contributed by atoms with Gasteiger partial charge < -0.3 is 10.2 Å². The molecule has 1 fully saturated rings. The molecule has 1 saturated heterocycles. The van der Waals surface area contributed by atoms with Gasteiger partial charge in [0.1, 0.15) is 6.04 Å². The Hall–Kier alpha value is -1.06.